The Morgan fingerprint density at radius 3 is 2.60 bits per heavy atom. The second kappa shape index (κ2) is 6.97. The molecule has 108 valence electrons. The highest BCUT2D eigenvalue weighted by Crippen LogP contribution is 2.01. The first-order chi connectivity index (χ1) is 9.65. The van der Waals surface area contributed by atoms with Gasteiger partial charge in [0.15, 0.2) is 0 Å². The van der Waals surface area contributed by atoms with Crippen LogP contribution in [0.15, 0.2) is 24.4 Å². The molecule has 1 aliphatic rings. The zero-order chi connectivity index (χ0) is 14.4. The number of hydrazine groups is 1. The van der Waals surface area contributed by atoms with Crippen molar-refractivity contribution in [2.24, 2.45) is 5.73 Å². The normalized spacial score (nSPS) is 16.8. The molecule has 3 N–H and O–H groups in total. The lowest BCUT2D eigenvalue weighted by Crippen LogP contribution is -2.53. The molecule has 2 rings (SSSR count). The van der Waals surface area contributed by atoms with E-state index in [9.17, 15) is 9.59 Å². The van der Waals surface area contributed by atoms with Gasteiger partial charge in [-0.2, -0.15) is 0 Å². The molecule has 1 aromatic rings. The highest BCUT2D eigenvalue weighted by atomic mass is 16.2. The molecule has 1 fully saturated rings. The van der Waals surface area contributed by atoms with Gasteiger partial charge in [-0.15, -0.1) is 0 Å². The molecule has 1 aromatic heterocycles. The second-order valence-electron chi connectivity index (χ2n) is 4.70. The van der Waals surface area contributed by atoms with E-state index in [-0.39, 0.29) is 11.8 Å². The molecule has 2 amide bonds. The van der Waals surface area contributed by atoms with E-state index in [1.54, 1.807) is 24.4 Å². The Morgan fingerprint density at radius 1 is 1.25 bits per heavy atom. The summed E-state index contributed by atoms with van der Waals surface area (Å²) in [4.78, 5) is 28.8. The van der Waals surface area contributed by atoms with Gasteiger partial charge >= 0.3 is 0 Å². The van der Waals surface area contributed by atoms with Crippen molar-refractivity contribution < 1.29 is 9.59 Å². The summed E-state index contributed by atoms with van der Waals surface area (Å²) < 4.78 is 0. The molecule has 0 spiro atoms. The van der Waals surface area contributed by atoms with Gasteiger partial charge in [0, 0.05) is 45.3 Å². The van der Waals surface area contributed by atoms with Crippen LogP contribution in [0.5, 0.6) is 0 Å². The molecule has 1 saturated heterocycles. The number of primary amides is 1. The minimum Gasteiger partial charge on any atom is -0.370 e. The maximum absolute atomic E-state index is 11.9. The van der Waals surface area contributed by atoms with Gasteiger partial charge in [-0.25, -0.2) is 5.01 Å². The third-order valence-electron chi connectivity index (χ3n) is 3.20. The Bertz CT molecular complexity index is 457. The third-order valence-corrected chi connectivity index (χ3v) is 3.20. The molecule has 2 heterocycles. The highest BCUT2D eigenvalue weighted by Gasteiger charge is 2.19. The van der Waals surface area contributed by atoms with Crippen LogP contribution in [0, 0.1) is 0 Å². The van der Waals surface area contributed by atoms with Crippen LogP contribution < -0.4 is 11.2 Å². The molecule has 0 saturated carbocycles. The molecule has 1 aliphatic heterocycles. The summed E-state index contributed by atoms with van der Waals surface area (Å²) in [5.74, 6) is -0.480. The van der Waals surface area contributed by atoms with Crippen molar-refractivity contribution in [3.63, 3.8) is 0 Å². The number of nitrogens with zero attached hydrogens (tertiary/aromatic N) is 3. The van der Waals surface area contributed by atoms with Crippen molar-refractivity contribution in [1.29, 1.82) is 0 Å². The van der Waals surface area contributed by atoms with Crippen LogP contribution in [0.2, 0.25) is 0 Å². The van der Waals surface area contributed by atoms with Crippen LogP contribution in [0.1, 0.15) is 16.9 Å². The smallest absolute Gasteiger partial charge is 0.284 e. The molecule has 20 heavy (non-hydrogen) atoms. The molecule has 0 radical (unpaired) electrons. The van der Waals surface area contributed by atoms with Crippen molar-refractivity contribution in [2.75, 3.05) is 32.7 Å². The van der Waals surface area contributed by atoms with Crippen molar-refractivity contribution in [2.45, 2.75) is 6.42 Å². The zero-order valence-corrected chi connectivity index (χ0v) is 11.3. The van der Waals surface area contributed by atoms with Crippen LogP contribution in [0.25, 0.3) is 0 Å². The van der Waals surface area contributed by atoms with Crippen molar-refractivity contribution >= 4 is 11.8 Å². The molecule has 0 aliphatic carbocycles. The third kappa shape index (κ3) is 4.29. The first kappa shape index (κ1) is 14.4. The number of carbonyl (C=O) groups excluding carboxylic acids is 2. The van der Waals surface area contributed by atoms with Crippen LogP contribution in [-0.4, -0.2) is 59.4 Å². The Hall–Kier alpha value is -1.99. The molecule has 0 bridgehead atoms. The molecule has 0 unspecified atom stereocenters. The molecular formula is C13H19N5O2. The largest absolute Gasteiger partial charge is 0.370 e. The monoisotopic (exact) mass is 277 g/mol. The molecule has 7 heteroatoms. The lowest BCUT2D eigenvalue weighted by atomic mass is 10.3. The van der Waals surface area contributed by atoms with E-state index in [4.69, 9.17) is 5.73 Å². The number of carbonyl (C=O) groups is 2. The van der Waals surface area contributed by atoms with E-state index in [0.29, 0.717) is 18.7 Å². The van der Waals surface area contributed by atoms with E-state index in [1.807, 2.05) is 5.01 Å². The number of amides is 2. The van der Waals surface area contributed by atoms with Gasteiger partial charge in [0.05, 0.1) is 0 Å². The average Bonchev–Trinajstić information content (AvgIpc) is 2.47. The van der Waals surface area contributed by atoms with Crippen LogP contribution in [0.4, 0.5) is 0 Å². The number of aromatic nitrogens is 1. The Balaban J connectivity index is 1.74. The van der Waals surface area contributed by atoms with Crippen LogP contribution in [0.3, 0.4) is 0 Å². The second-order valence-corrected chi connectivity index (χ2v) is 4.70. The lowest BCUT2D eigenvalue weighted by Gasteiger charge is -2.34. The summed E-state index contributed by atoms with van der Waals surface area (Å²) in [6, 6.07) is 5.23. The minimum absolute atomic E-state index is 0.198. The zero-order valence-electron chi connectivity index (χ0n) is 11.3. The predicted octanol–water partition coefficient (Wildman–Crippen LogP) is -0.781. The maximum atomic E-state index is 11.9. The van der Waals surface area contributed by atoms with Crippen molar-refractivity contribution in [1.82, 2.24) is 20.3 Å². The average molecular weight is 277 g/mol. The van der Waals surface area contributed by atoms with Gasteiger partial charge in [-0.1, -0.05) is 6.07 Å². The number of rotatable bonds is 5. The molecule has 0 aromatic carbocycles. The molecule has 0 atom stereocenters. The quantitative estimate of drug-likeness (QED) is 0.736. The number of piperazine rings is 1. The van der Waals surface area contributed by atoms with Gasteiger partial charge in [0.1, 0.15) is 5.69 Å². The summed E-state index contributed by atoms with van der Waals surface area (Å²) in [5, 5.41) is 1.87. The van der Waals surface area contributed by atoms with E-state index in [1.165, 1.54) is 0 Å². The number of nitrogens with two attached hydrogens (primary N) is 1. The molecular weight excluding hydrogens is 258 g/mol. The fourth-order valence-electron chi connectivity index (χ4n) is 2.05. The number of hydrogen-bond acceptors (Lipinski definition) is 5. The summed E-state index contributed by atoms with van der Waals surface area (Å²) in [7, 11) is 0. The fraction of sp³-hybridized carbons (Fsp3) is 0.462. The Kier molecular flexibility index (Phi) is 5.03. The SMILES string of the molecule is NC(=O)CCN1CCN(NC(=O)c2ccccn2)CC1. The van der Waals surface area contributed by atoms with Crippen molar-refractivity contribution in [3.05, 3.63) is 30.1 Å². The fourth-order valence-corrected chi connectivity index (χ4v) is 2.05. The van der Waals surface area contributed by atoms with E-state index < -0.39 is 0 Å². The van der Waals surface area contributed by atoms with Gasteiger partial charge in [0.2, 0.25) is 5.91 Å². The summed E-state index contributed by atoms with van der Waals surface area (Å²) in [6.07, 6.45) is 1.97. The lowest BCUT2D eigenvalue weighted by molar-refractivity contribution is -0.118. The Labute approximate surface area is 117 Å². The van der Waals surface area contributed by atoms with E-state index in [0.717, 1.165) is 26.2 Å². The topological polar surface area (TPSA) is 91.6 Å². The van der Waals surface area contributed by atoms with Crippen LogP contribution in [-0.2, 0) is 4.79 Å². The summed E-state index contributed by atoms with van der Waals surface area (Å²) >= 11 is 0. The van der Waals surface area contributed by atoms with Crippen LogP contribution >= 0.6 is 0 Å². The maximum Gasteiger partial charge on any atom is 0.284 e. The summed E-state index contributed by atoms with van der Waals surface area (Å²) in [6.45, 7) is 3.72. The number of pyridine rings is 1. The van der Waals surface area contributed by atoms with Gasteiger partial charge in [0.25, 0.3) is 5.91 Å². The first-order valence-corrected chi connectivity index (χ1v) is 6.63. The van der Waals surface area contributed by atoms with E-state index in [2.05, 4.69) is 15.3 Å². The predicted molar refractivity (Wildman–Crippen MR) is 73.5 cm³/mol. The first-order valence-electron chi connectivity index (χ1n) is 6.63. The van der Waals surface area contributed by atoms with E-state index >= 15 is 0 Å². The van der Waals surface area contributed by atoms with Gasteiger partial charge in [-0.3, -0.25) is 20.0 Å². The summed E-state index contributed by atoms with van der Waals surface area (Å²) in [5.41, 5.74) is 8.37. The van der Waals surface area contributed by atoms with Crippen molar-refractivity contribution in [3.8, 4) is 0 Å². The minimum atomic E-state index is -0.282. The highest BCUT2D eigenvalue weighted by molar-refractivity contribution is 5.91. The van der Waals surface area contributed by atoms with Gasteiger partial charge < -0.3 is 10.6 Å². The number of nitrogens with one attached hydrogen (secondary N) is 1. The Morgan fingerprint density at radius 2 is 2.00 bits per heavy atom. The number of hydrogen-bond donors (Lipinski definition) is 2. The van der Waals surface area contributed by atoms with Gasteiger partial charge in [-0.05, 0) is 12.1 Å². The standard InChI is InChI=1S/C13H19N5O2/c14-12(19)4-6-17-7-9-18(10-8-17)16-13(20)11-3-1-2-5-15-11/h1-3,5H,4,6-10H2,(H2,14,19)(H,16,20). The molecule has 7 nitrogen and oxygen atoms in total.